The molecule has 2 aromatic carbocycles. The smallest absolute Gasteiger partial charge is 0.450 e. The summed E-state index contributed by atoms with van der Waals surface area (Å²) in [6.45, 7) is 0.561. The minimum Gasteiger partial charge on any atom is -0.450 e. The van der Waals surface area contributed by atoms with Crippen LogP contribution in [0, 0.1) is 0 Å². The fraction of sp³-hybridized carbons (Fsp3) is 0.133. The van der Waals surface area contributed by atoms with Crippen LogP contribution in [0.1, 0.15) is 0 Å². The summed E-state index contributed by atoms with van der Waals surface area (Å²) >= 11 is 8.76. The molecule has 7 nitrogen and oxygen atoms in total. The van der Waals surface area contributed by atoms with E-state index in [1.807, 2.05) is 12.1 Å². The van der Waals surface area contributed by atoms with Gasteiger partial charge in [-0.3, -0.25) is 0 Å². The zero-order chi connectivity index (χ0) is 18.9. The maximum absolute atomic E-state index is 10.8. The highest BCUT2D eigenvalue weighted by atomic mass is 79.9. The molecular weight excluding hydrogens is 471 g/mol. The van der Waals surface area contributed by atoms with Crippen LogP contribution in [0.15, 0.2) is 57.9 Å². The van der Waals surface area contributed by atoms with Crippen LogP contribution in [0.5, 0.6) is 0 Å². The molecule has 0 radical (unpaired) electrons. The van der Waals surface area contributed by atoms with E-state index in [0.29, 0.717) is 16.0 Å². The highest BCUT2D eigenvalue weighted by Gasteiger charge is 2.09. The molecule has 2 aromatic rings. The number of hydrogen-bond acceptors (Lipinski definition) is 5. The van der Waals surface area contributed by atoms with Crippen LogP contribution >= 0.6 is 39.9 Å². The fourth-order valence-electron chi connectivity index (χ4n) is 1.58. The lowest BCUT2D eigenvalue weighted by Gasteiger charge is -2.05. The van der Waals surface area contributed by atoms with E-state index in [4.69, 9.17) is 21.8 Å². The number of nitrogens with one attached hydrogen (secondary N) is 1. The molecule has 11 heteroatoms. The van der Waals surface area contributed by atoms with Gasteiger partial charge in [-0.15, -0.1) is 12.4 Å². The summed E-state index contributed by atoms with van der Waals surface area (Å²) in [5, 5.41) is 16.7. The highest BCUT2D eigenvalue weighted by molar-refractivity contribution is 9.10. The Labute approximate surface area is 171 Å². The molecule has 0 saturated heterocycles. The molecule has 0 aliphatic carbocycles. The lowest BCUT2D eigenvalue weighted by molar-refractivity contribution is 0.0953. The monoisotopic (exact) mass is 486 g/mol. The summed E-state index contributed by atoms with van der Waals surface area (Å²) < 4.78 is 26.4. The number of halogens is 3. The molecule has 0 spiro atoms. The number of nitrogens with two attached hydrogens (primary N) is 1. The summed E-state index contributed by atoms with van der Waals surface area (Å²) in [7, 11) is -3.58. The van der Waals surface area contributed by atoms with Gasteiger partial charge in [-0.05, 0) is 52.3 Å². The predicted octanol–water partition coefficient (Wildman–Crippen LogP) is 3.96. The van der Waals surface area contributed by atoms with Crippen LogP contribution in [0.25, 0.3) is 0 Å². The van der Waals surface area contributed by atoms with Gasteiger partial charge >= 0.3 is 6.16 Å². The molecule has 0 heterocycles. The molecule has 0 aromatic heterocycles. The number of anilines is 1. The average molecular weight is 488 g/mol. The summed E-state index contributed by atoms with van der Waals surface area (Å²) in [4.78, 5) is 10.1. The molecule has 26 heavy (non-hydrogen) atoms. The van der Waals surface area contributed by atoms with Crippen molar-refractivity contribution in [2.75, 3.05) is 18.5 Å². The van der Waals surface area contributed by atoms with Crippen molar-refractivity contribution in [3.63, 3.8) is 0 Å². The van der Waals surface area contributed by atoms with Crippen molar-refractivity contribution in [2.24, 2.45) is 5.14 Å². The van der Waals surface area contributed by atoms with Gasteiger partial charge in [-0.25, -0.2) is 18.4 Å². The van der Waals surface area contributed by atoms with Gasteiger partial charge in [0.1, 0.15) is 6.61 Å². The topological polar surface area (TPSA) is 119 Å². The number of ether oxygens (including phenoxy) is 1. The van der Waals surface area contributed by atoms with Crippen molar-refractivity contribution in [1.82, 2.24) is 0 Å². The van der Waals surface area contributed by atoms with Crippen molar-refractivity contribution in [1.29, 1.82) is 0 Å². The molecule has 144 valence electrons. The van der Waals surface area contributed by atoms with E-state index >= 15 is 0 Å². The lowest BCUT2D eigenvalue weighted by Crippen LogP contribution is -2.12. The van der Waals surface area contributed by atoms with E-state index in [9.17, 15) is 13.2 Å². The van der Waals surface area contributed by atoms with Crippen molar-refractivity contribution >= 4 is 61.8 Å². The Morgan fingerprint density at radius 3 is 2.23 bits per heavy atom. The minimum atomic E-state index is -3.58. The highest BCUT2D eigenvalue weighted by Crippen LogP contribution is 2.19. The van der Waals surface area contributed by atoms with E-state index in [-0.39, 0.29) is 23.9 Å². The second-order valence-corrected chi connectivity index (χ2v) is 7.34. The second kappa shape index (κ2) is 12.0. The largest absolute Gasteiger partial charge is 0.505 e. The van der Waals surface area contributed by atoms with Crippen molar-refractivity contribution in [3.8, 4) is 0 Å². The SMILES string of the molecule is Cl.NS(=O)(=O)c1ccccc1Br.O=C(O)OCCNc1ccc(Cl)cc1. The number of primary sulfonamides is 1. The van der Waals surface area contributed by atoms with Gasteiger partial charge in [0.05, 0.1) is 4.90 Å². The molecule has 2 rings (SSSR count). The predicted molar refractivity (Wildman–Crippen MR) is 107 cm³/mol. The number of hydrogen-bond donors (Lipinski definition) is 3. The third-order valence-corrected chi connectivity index (χ3v) is 4.82. The van der Waals surface area contributed by atoms with E-state index in [1.54, 1.807) is 30.3 Å². The zero-order valence-corrected chi connectivity index (χ0v) is 17.2. The Balaban J connectivity index is 0.000000475. The molecule has 4 N–H and O–H groups in total. The molecule has 0 unspecified atom stereocenters. The summed E-state index contributed by atoms with van der Waals surface area (Å²) in [5.41, 5.74) is 0.878. The van der Waals surface area contributed by atoms with Crippen LogP contribution in [0.4, 0.5) is 10.5 Å². The first kappa shape index (κ1) is 24.5. The lowest BCUT2D eigenvalue weighted by atomic mass is 10.3. The van der Waals surface area contributed by atoms with Crippen LogP contribution < -0.4 is 10.5 Å². The number of benzene rings is 2. The van der Waals surface area contributed by atoms with Gasteiger partial charge in [-0.1, -0.05) is 23.7 Å². The number of carbonyl (C=O) groups is 1. The molecule has 0 bridgehead atoms. The summed E-state index contributed by atoms with van der Waals surface area (Å²) in [5.74, 6) is 0. The fourth-order valence-corrected chi connectivity index (χ4v) is 3.27. The first-order chi connectivity index (χ1) is 11.7. The van der Waals surface area contributed by atoms with Gasteiger partial charge in [0.25, 0.3) is 0 Å². The maximum Gasteiger partial charge on any atom is 0.505 e. The molecule has 0 atom stereocenters. The van der Waals surface area contributed by atoms with Gasteiger partial charge in [0.2, 0.25) is 10.0 Å². The molecule has 0 saturated carbocycles. The molecule has 0 fully saturated rings. The van der Waals surface area contributed by atoms with Gasteiger partial charge in [0.15, 0.2) is 0 Å². The number of sulfonamides is 1. The van der Waals surface area contributed by atoms with E-state index < -0.39 is 16.2 Å². The number of carboxylic acid groups (broad SMARTS) is 1. The van der Waals surface area contributed by atoms with E-state index in [1.165, 1.54) is 6.07 Å². The molecular formula is C15H17BrCl2N2O5S. The average Bonchev–Trinajstić information content (AvgIpc) is 2.53. The Hall–Kier alpha value is -1.52. The van der Waals surface area contributed by atoms with Crippen molar-refractivity contribution in [3.05, 3.63) is 58.0 Å². The van der Waals surface area contributed by atoms with Gasteiger partial charge in [-0.2, -0.15) is 0 Å². The first-order valence-corrected chi connectivity index (χ1v) is 9.54. The molecule has 0 amide bonds. The summed E-state index contributed by atoms with van der Waals surface area (Å²) in [6, 6.07) is 13.5. The van der Waals surface area contributed by atoms with Crippen LogP contribution in [-0.2, 0) is 14.8 Å². The Morgan fingerprint density at radius 2 is 1.77 bits per heavy atom. The van der Waals surface area contributed by atoms with Crippen LogP contribution in [-0.4, -0.2) is 32.8 Å². The van der Waals surface area contributed by atoms with E-state index in [2.05, 4.69) is 26.0 Å². The first-order valence-electron chi connectivity index (χ1n) is 6.82. The quantitative estimate of drug-likeness (QED) is 0.433. The van der Waals surface area contributed by atoms with Crippen LogP contribution in [0.3, 0.4) is 0 Å². The Bertz CT molecular complexity index is 804. The molecule has 0 aliphatic rings. The van der Waals surface area contributed by atoms with Crippen molar-refractivity contribution in [2.45, 2.75) is 4.90 Å². The van der Waals surface area contributed by atoms with Gasteiger partial charge < -0.3 is 15.2 Å². The Kier molecular flexibility index (Phi) is 11.3. The van der Waals surface area contributed by atoms with Crippen LogP contribution in [0.2, 0.25) is 5.02 Å². The molecule has 0 aliphatic heterocycles. The van der Waals surface area contributed by atoms with E-state index in [0.717, 1.165) is 5.69 Å². The Morgan fingerprint density at radius 1 is 1.19 bits per heavy atom. The third kappa shape index (κ3) is 9.83. The van der Waals surface area contributed by atoms with Gasteiger partial charge in [0, 0.05) is 21.7 Å². The third-order valence-electron chi connectivity index (χ3n) is 2.64. The maximum atomic E-state index is 10.8. The second-order valence-electron chi connectivity index (χ2n) is 4.52. The normalized spacial score (nSPS) is 9.96. The minimum absolute atomic E-state index is 0. The number of rotatable bonds is 5. The standard InChI is InChI=1S/C9H10ClNO3.C6H6BrNO2S.ClH/c10-7-1-3-8(4-2-7)11-5-6-14-9(12)13;7-5-3-1-2-4-6(5)11(8,9)10;/h1-4,11H,5-6H2,(H,12,13);1-4H,(H2,8,9,10);1H. The summed E-state index contributed by atoms with van der Waals surface area (Å²) in [6.07, 6.45) is -1.26. The zero-order valence-electron chi connectivity index (χ0n) is 13.3. The van der Waals surface area contributed by atoms with Crippen molar-refractivity contribution < 1.29 is 23.1 Å².